The van der Waals surface area contributed by atoms with E-state index in [2.05, 4.69) is 90.6 Å². The molecule has 0 spiro atoms. The van der Waals surface area contributed by atoms with Gasteiger partial charge in [-0.1, -0.05) is 48.5 Å². The summed E-state index contributed by atoms with van der Waals surface area (Å²) in [5.74, 6) is 1.57. The standard InChI is InChI=1S/C37H43N7O4S/c1-37(2,3)48-36(45)44-22-23(19-41-49(4,46)47)16-33(44)35-40-20-31(43-35)25-9-7-24(8-10-25)26-11-12-28-18-29(14-13-27(28)17-26)32-21-39-34(42-32)30-6-5-15-38-30/h7-14,17-18,20-21,23,30,33,38,41H,5-6,15-16,19,22H2,1-4H3,(H,39,42)(H,40,43). The third-order valence-electron chi connectivity index (χ3n) is 9.23. The van der Waals surface area contributed by atoms with Gasteiger partial charge >= 0.3 is 6.09 Å². The van der Waals surface area contributed by atoms with Crippen LogP contribution in [0.3, 0.4) is 0 Å². The SMILES string of the molecule is CC(C)(C)OC(=O)N1CC(CNS(C)(=O)=O)CC1c1ncc(-c2ccc(-c3ccc4cc(-c5cnc(C6CCCN6)[nH]5)ccc4c3)cc2)[nH]1. The molecule has 2 fully saturated rings. The molecule has 2 saturated heterocycles. The second-order valence-corrected chi connectivity index (χ2v) is 16.1. The molecule has 2 aromatic heterocycles. The maximum Gasteiger partial charge on any atom is 0.410 e. The van der Waals surface area contributed by atoms with Crippen LogP contribution in [-0.4, -0.2) is 70.8 Å². The first-order chi connectivity index (χ1) is 23.4. The first kappa shape index (κ1) is 33.0. The minimum absolute atomic E-state index is 0.0777. The Kier molecular flexibility index (Phi) is 8.80. The maximum absolute atomic E-state index is 13.2. The number of sulfonamides is 1. The van der Waals surface area contributed by atoms with Crippen LogP contribution in [0, 0.1) is 5.92 Å². The monoisotopic (exact) mass is 681 g/mol. The van der Waals surface area contributed by atoms with Crippen molar-refractivity contribution in [1.82, 2.24) is 34.9 Å². The highest BCUT2D eigenvalue weighted by molar-refractivity contribution is 7.88. The van der Waals surface area contributed by atoms with E-state index in [9.17, 15) is 13.2 Å². The number of nitrogens with one attached hydrogen (secondary N) is 4. The summed E-state index contributed by atoms with van der Waals surface area (Å²) in [5, 5.41) is 5.83. The highest BCUT2D eigenvalue weighted by atomic mass is 32.2. The molecule has 3 aromatic carbocycles. The van der Waals surface area contributed by atoms with Crippen LogP contribution >= 0.6 is 0 Å². The average molecular weight is 682 g/mol. The van der Waals surface area contributed by atoms with E-state index >= 15 is 0 Å². The zero-order chi connectivity index (χ0) is 34.3. The van der Waals surface area contributed by atoms with E-state index in [-0.39, 0.29) is 18.5 Å². The Balaban J connectivity index is 1.06. The molecule has 0 aliphatic carbocycles. The minimum atomic E-state index is -3.35. The number of hydrogen-bond acceptors (Lipinski definition) is 7. The lowest BCUT2D eigenvalue weighted by Crippen LogP contribution is -2.38. The topological polar surface area (TPSA) is 145 Å². The fourth-order valence-corrected chi connectivity index (χ4v) is 7.33. The summed E-state index contributed by atoms with van der Waals surface area (Å²) in [5.41, 5.74) is 5.52. The summed E-state index contributed by atoms with van der Waals surface area (Å²) in [6.07, 6.45) is 7.24. The molecule has 11 nitrogen and oxygen atoms in total. The Labute approximate surface area is 286 Å². The zero-order valence-corrected chi connectivity index (χ0v) is 29.1. The van der Waals surface area contributed by atoms with Crippen LogP contribution < -0.4 is 10.0 Å². The molecule has 7 rings (SSSR count). The van der Waals surface area contributed by atoms with Gasteiger partial charge in [-0.05, 0) is 92.1 Å². The lowest BCUT2D eigenvalue weighted by atomic mass is 9.98. The Morgan fingerprint density at radius 3 is 2.18 bits per heavy atom. The number of likely N-dealkylation sites (tertiary alicyclic amines) is 1. The number of carbonyl (C=O) groups is 1. The molecule has 0 bridgehead atoms. The predicted octanol–water partition coefficient (Wildman–Crippen LogP) is 6.56. The van der Waals surface area contributed by atoms with E-state index in [4.69, 9.17) is 4.74 Å². The van der Waals surface area contributed by atoms with Crippen LogP contribution in [0.15, 0.2) is 73.1 Å². The van der Waals surface area contributed by atoms with Gasteiger partial charge in [-0.3, -0.25) is 4.90 Å². The van der Waals surface area contributed by atoms with Crippen molar-refractivity contribution in [1.29, 1.82) is 0 Å². The molecular formula is C37H43N7O4S. The predicted molar refractivity (Wildman–Crippen MR) is 191 cm³/mol. The van der Waals surface area contributed by atoms with Gasteiger partial charge in [0, 0.05) is 18.7 Å². The number of H-pyrrole nitrogens is 2. The third kappa shape index (κ3) is 7.56. The number of imidazole rings is 2. The second kappa shape index (κ2) is 13.1. The van der Waals surface area contributed by atoms with Gasteiger partial charge in [0.15, 0.2) is 0 Å². The molecule has 4 heterocycles. The second-order valence-electron chi connectivity index (χ2n) is 14.2. The van der Waals surface area contributed by atoms with Crippen molar-refractivity contribution in [3.05, 3.63) is 84.7 Å². The first-order valence-electron chi connectivity index (χ1n) is 16.8. The number of fused-ring (bicyclic) bond motifs is 1. The summed E-state index contributed by atoms with van der Waals surface area (Å²) in [4.78, 5) is 31.0. The van der Waals surface area contributed by atoms with Crippen molar-refractivity contribution in [2.45, 2.75) is 57.7 Å². The van der Waals surface area contributed by atoms with Gasteiger partial charge in [-0.15, -0.1) is 0 Å². The number of amides is 1. The Morgan fingerprint density at radius 2 is 1.51 bits per heavy atom. The zero-order valence-electron chi connectivity index (χ0n) is 28.3. The smallest absolute Gasteiger partial charge is 0.410 e. The Hall–Kier alpha value is -4.52. The van der Waals surface area contributed by atoms with Crippen LogP contribution in [0.25, 0.3) is 44.4 Å². The van der Waals surface area contributed by atoms with Gasteiger partial charge in [0.05, 0.1) is 42.1 Å². The van der Waals surface area contributed by atoms with Crippen molar-refractivity contribution < 1.29 is 17.9 Å². The third-order valence-corrected chi connectivity index (χ3v) is 9.92. The van der Waals surface area contributed by atoms with Crippen LogP contribution in [0.1, 0.15) is 63.8 Å². The van der Waals surface area contributed by atoms with Gasteiger partial charge in [0.1, 0.15) is 17.2 Å². The molecule has 3 unspecified atom stereocenters. The molecule has 3 atom stereocenters. The van der Waals surface area contributed by atoms with Crippen molar-refractivity contribution in [3.8, 4) is 33.6 Å². The number of aromatic nitrogens is 4. The van der Waals surface area contributed by atoms with Crippen molar-refractivity contribution in [3.63, 3.8) is 0 Å². The summed E-state index contributed by atoms with van der Waals surface area (Å²) >= 11 is 0. The van der Waals surface area contributed by atoms with Gasteiger partial charge in [-0.2, -0.15) is 0 Å². The average Bonchev–Trinajstić information content (AvgIpc) is 3.88. The molecule has 256 valence electrons. The highest BCUT2D eigenvalue weighted by Gasteiger charge is 2.40. The molecule has 5 aromatic rings. The van der Waals surface area contributed by atoms with E-state index in [1.807, 2.05) is 27.0 Å². The van der Waals surface area contributed by atoms with E-state index in [1.54, 1.807) is 11.1 Å². The summed E-state index contributed by atoms with van der Waals surface area (Å²) < 4.78 is 31.7. The lowest BCUT2D eigenvalue weighted by Gasteiger charge is -2.27. The Bertz CT molecular complexity index is 2080. The molecule has 0 radical (unpaired) electrons. The van der Waals surface area contributed by atoms with Gasteiger partial charge < -0.3 is 20.0 Å². The number of rotatable bonds is 8. The summed E-state index contributed by atoms with van der Waals surface area (Å²) in [6.45, 7) is 7.12. The number of hydrogen-bond donors (Lipinski definition) is 4. The number of nitrogens with zero attached hydrogens (tertiary/aromatic N) is 3. The van der Waals surface area contributed by atoms with Gasteiger partial charge in [0.25, 0.3) is 0 Å². The van der Waals surface area contributed by atoms with E-state index in [0.717, 1.165) is 64.1 Å². The normalized spacial score (nSPS) is 19.9. The number of carbonyl (C=O) groups excluding carboxylic acids is 1. The highest BCUT2D eigenvalue weighted by Crippen LogP contribution is 2.36. The Morgan fingerprint density at radius 1 is 0.898 bits per heavy atom. The molecule has 0 saturated carbocycles. The molecule has 1 amide bonds. The molecule has 2 aliphatic rings. The van der Waals surface area contributed by atoms with Crippen molar-refractivity contribution in [2.24, 2.45) is 5.92 Å². The van der Waals surface area contributed by atoms with E-state index in [1.165, 1.54) is 11.8 Å². The van der Waals surface area contributed by atoms with Crippen LogP contribution in [0.4, 0.5) is 4.79 Å². The quantitative estimate of drug-likeness (QED) is 0.145. The van der Waals surface area contributed by atoms with Gasteiger partial charge in [-0.25, -0.2) is 27.9 Å². The fourth-order valence-electron chi connectivity index (χ4n) is 6.79. The number of aromatic amines is 2. The number of ether oxygens (including phenoxy) is 1. The molecule has 4 N–H and O–H groups in total. The lowest BCUT2D eigenvalue weighted by molar-refractivity contribution is 0.0214. The maximum atomic E-state index is 13.2. The van der Waals surface area contributed by atoms with E-state index in [0.29, 0.717) is 24.8 Å². The summed E-state index contributed by atoms with van der Waals surface area (Å²) in [7, 11) is -3.35. The largest absolute Gasteiger partial charge is 0.444 e. The van der Waals surface area contributed by atoms with Crippen LogP contribution in [0.2, 0.25) is 0 Å². The molecule has 2 aliphatic heterocycles. The van der Waals surface area contributed by atoms with Crippen molar-refractivity contribution in [2.75, 3.05) is 25.9 Å². The summed E-state index contributed by atoms with van der Waals surface area (Å²) in [6, 6.07) is 21.3. The van der Waals surface area contributed by atoms with Crippen LogP contribution in [-0.2, 0) is 14.8 Å². The van der Waals surface area contributed by atoms with Crippen LogP contribution in [0.5, 0.6) is 0 Å². The van der Waals surface area contributed by atoms with Gasteiger partial charge in [0.2, 0.25) is 10.0 Å². The van der Waals surface area contributed by atoms with E-state index < -0.39 is 21.7 Å². The first-order valence-corrected chi connectivity index (χ1v) is 18.7. The van der Waals surface area contributed by atoms with Crippen molar-refractivity contribution >= 4 is 26.9 Å². The number of benzene rings is 3. The molecular weight excluding hydrogens is 639 g/mol. The molecule has 12 heteroatoms. The minimum Gasteiger partial charge on any atom is -0.444 e. The fraction of sp³-hybridized carbons (Fsp3) is 0.378. The molecule has 49 heavy (non-hydrogen) atoms.